The van der Waals surface area contributed by atoms with Crippen LogP contribution in [0.2, 0.25) is 0 Å². The Labute approximate surface area is 177 Å². The first-order valence-electron chi connectivity index (χ1n) is 10.3. The molecule has 0 aliphatic rings. The number of carbonyl (C=O) groups excluding carboxylic acids is 1. The monoisotopic (exact) mass is 413 g/mol. The SMILES string of the molecule is CCN(CC)CCN(C(=O)c1cc(C)n(C(C)C)n1)c1nc2c(C)cccc2s1. The summed E-state index contributed by atoms with van der Waals surface area (Å²) in [5.41, 5.74) is 3.57. The zero-order chi connectivity index (χ0) is 21.1. The van der Waals surface area contributed by atoms with Gasteiger partial charge in [0.1, 0.15) is 0 Å². The first kappa shape index (κ1) is 21.5. The maximum absolute atomic E-state index is 13.5. The van der Waals surface area contributed by atoms with Gasteiger partial charge in [-0.3, -0.25) is 14.4 Å². The number of aromatic nitrogens is 3. The minimum absolute atomic E-state index is 0.0867. The lowest BCUT2D eigenvalue weighted by Crippen LogP contribution is -2.39. The summed E-state index contributed by atoms with van der Waals surface area (Å²) in [5, 5.41) is 5.32. The molecular formula is C22H31N5OS. The van der Waals surface area contributed by atoms with E-state index >= 15 is 0 Å². The lowest BCUT2D eigenvalue weighted by molar-refractivity contribution is 0.0978. The molecule has 1 amide bonds. The molecule has 0 aliphatic heterocycles. The van der Waals surface area contributed by atoms with Gasteiger partial charge < -0.3 is 4.90 Å². The zero-order valence-electron chi connectivity index (χ0n) is 18.3. The highest BCUT2D eigenvalue weighted by molar-refractivity contribution is 7.22. The van der Waals surface area contributed by atoms with Crippen LogP contribution in [-0.4, -0.2) is 51.8 Å². The summed E-state index contributed by atoms with van der Waals surface area (Å²) >= 11 is 1.57. The number of hydrogen-bond donors (Lipinski definition) is 0. The normalized spacial score (nSPS) is 11.7. The Kier molecular flexibility index (Phi) is 6.70. The average Bonchev–Trinajstić information content (AvgIpc) is 3.29. The molecular weight excluding hydrogens is 382 g/mol. The summed E-state index contributed by atoms with van der Waals surface area (Å²) in [6, 6.07) is 8.25. The van der Waals surface area contributed by atoms with Gasteiger partial charge >= 0.3 is 0 Å². The second-order valence-corrected chi connectivity index (χ2v) is 8.62. The summed E-state index contributed by atoms with van der Waals surface area (Å²) < 4.78 is 3.00. The molecule has 7 heteroatoms. The Morgan fingerprint density at radius 2 is 1.90 bits per heavy atom. The molecule has 29 heavy (non-hydrogen) atoms. The zero-order valence-corrected chi connectivity index (χ0v) is 19.1. The number of likely N-dealkylation sites (N-methyl/N-ethyl adjacent to an activating group) is 1. The second-order valence-electron chi connectivity index (χ2n) is 7.61. The standard InChI is InChI=1S/C22H31N5OS/c1-7-25(8-2)12-13-26(21(28)18-14-17(6)27(24-18)15(3)4)22-23-20-16(5)10-9-11-19(20)29-22/h9-11,14-15H,7-8,12-13H2,1-6H3. The van der Waals surface area contributed by atoms with Crippen molar-refractivity contribution in [2.45, 2.75) is 47.6 Å². The van der Waals surface area contributed by atoms with Gasteiger partial charge in [-0.05, 0) is 58.5 Å². The number of para-hydroxylation sites is 1. The van der Waals surface area contributed by atoms with Crippen LogP contribution in [0.5, 0.6) is 0 Å². The lowest BCUT2D eigenvalue weighted by Gasteiger charge is -2.24. The van der Waals surface area contributed by atoms with Gasteiger partial charge in [0, 0.05) is 24.8 Å². The van der Waals surface area contributed by atoms with Crippen LogP contribution in [0.1, 0.15) is 55.5 Å². The van der Waals surface area contributed by atoms with Crippen molar-refractivity contribution in [3.8, 4) is 0 Å². The van der Waals surface area contributed by atoms with Crippen molar-refractivity contribution in [3.63, 3.8) is 0 Å². The molecule has 6 nitrogen and oxygen atoms in total. The van der Waals surface area contributed by atoms with Gasteiger partial charge in [0.2, 0.25) is 0 Å². The molecule has 0 saturated heterocycles. The number of benzene rings is 1. The Hall–Kier alpha value is -2.25. The second kappa shape index (κ2) is 9.05. The van der Waals surface area contributed by atoms with E-state index in [9.17, 15) is 4.79 Å². The predicted octanol–water partition coefficient (Wildman–Crippen LogP) is 4.68. The average molecular weight is 414 g/mol. The van der Waals surface area contributed by atoms with Gasteiger partial charge in [-0.2, -0.15) is 5.10 Å². The molecule has 2 heterocycles. The number of fused-ring (bicyclic) bond motifs is 1. The minimum atomic E-state index is -0.0867. The number of amides is 1. The van der Waals surface area contributed by atoms with Crippen molar-refractivity contribution < 1.29 is 4.79 Å². The molecule has 0 radical (unpaired) electrons. The van der Waals surface area contributed by atoms with Crippen molar-refractivity contribution in [2.24, 2.45) is 0 Å². The van der Waals surface area contributed by atoms with E-state index in [1.54, 1.807) is 16.2 Å². The number of thiazole rings is 1. The van der Waals surface area contributed by atoms with Crippen molar-refractivity contribution in [1.29, 1.82) is 0 Å². The fourth-order valence-corrected chi connectivity index (χ4v) is 4.58. The number of aryl methyl sites for hydroxylation is 2. The van der Waals surface area contributed by atoms with Crippen molar-refractivity contribution in [1.82, 2.24) is 19.7 Å². The maximum atomic E-state index is 13.5. The van der Waals surface area contributed by atoms with E-state index in [0.717, 1.165) is 46.2 Å². The third-order valence-corrected chi connectivity index (χ3v) is 6.29. The molecule has 0 unspecified atom stereocenters. The highest BCUT2D eigenvalue weighted by Crippen LogP contribution is 2.31. The summed E-state index contributed by atoms with van der Waals surface area (Å²) in [4.78, 5) is 22.4. The molecule has 3 aromatic rings. The molecule has 3 rings (SSSR count). The molecule has 2 aromatic heterocycles. The summed E-state index contributed by atoms with van der Waals surface area (Å²) in [6.45, 7) is 15.8. The molecule has 0 saturated carbocycles. The van der Waals surface area contributed by atoms with Gasteiger partial charge in [0.05, 0.1) is 10.2 Å². The van der Waals surface area contributed by atoms with Gasteiger partial charge in [0.25, 0.3) is 5.91 Å². The molecule has 156 valence electrons. The van der Waals surface area contributed by atoms with E-state index in [-0.39, 0.29) is 11.9 Å². The Bertz CT molecular complexity index is 986. The minimum Gasteiger partial charge on any atom is -0.302 e. The number of anilines is 1. The van der Waals surface area contributed by atoms with Gasteiger partial charge in [-0.1, -0.05) is 37.3 Å². The van der Waals surface area contributed by atoms with E-state index in [2.05, 4.69) is 56.8 Å². The quantitative estimate of drug-likeness (QED) is 0.538. The highest BCUT2D eigenvalue weighted by Gasteiger charge is 2.25. The molecule has 0 spiro atoms. The lowest BCUT2D eigenvalue weighted by atomic mass is 10.2. The first-order chi connectivity index (χ1) is 13.8. The Morgan fingerprint density at radius 1 is 1.17 bits per heavy atom. The Morgan fingerprint density at radius 3 is 2.48 bits per heavy atom. The van der Waals surface area contributed by atoms with Crippen molar-refractivity contribution in [2.75, 3.05) is 31.1 Å². The van der Waals surface area contributed by atoms with Gasteiger partial charge in [-0.15, -0.1) is 0 Å². The van der Waals surface area contributed by atoms with Crippen LogP contribution in [0.4, 0.5) is 5.13 Å². The molecule has 0 aliphatic carbocycles. The molecule has 0 atom stereocenters. The third-order valence-electron chi connectivity index (χ3n) is 5.25. The molecule has 0 N–H and O–H groups in total. The topological polar surface area (TPSA) is 54.3 Å². The Balaban J connectivity index is 1.98. The summed E-state index contributed by atoms with van der Waals surface area (Å²) in [7, 11) is 0. The van der Waals surface area contributed by atoms with Crippen LogP contribution in [0.15, 0.2) is 24.3 Å². The van der Waals surface area contributed by atoms with Crippen LogP contribution in [0.25, 0.3) is 10.2 Å². The highest BCUT2D eigenvalue weighted by atomic mass is 32.1. The van der Waals surface area contributed by atoms with Crippen LogP contribution in [-0.2, 0) is 0 Å². The van der Waals surface area contributed by atoms with E-state index in [1.807, 2.05) is 23.7 Å². The predicted molar refractivity (Wildman–Crippen MR) is 121 cm³/mol. The number of nitrogens with zero attached hydrogens (tertiary/aromatic N) is 5. The maximum Gasteiger partial charge on any atom is 0.280 e. The fourth-order valence-electron chi connectivity index (χ4n) is 3.51. The largest absolute Gasteiger partial charge is 0.302 e. The number of hydrogen-bond acceptors (Lipinski definition) is 5. The smallest absolute Gasteiger partial charge is 0.280 e. The first-order valence-corrected chi connectivity index (χ1v) is 11.1. The van der Waals surface area contributed by atoms with Crippen LogP contribution < -0.4 is 4.90 Å². The van der Waals surface area contributed by atoms with Crippen molar-refractivity contribution in [3.05, 3.63) is 41.2 Å². The molecule has 0 fully saturated rings. The van der Waals surface area contributed by atoms with E-state index in [1.165, 1.54) is 0 Å². The summed E-state index contributed by atoms with van der Waals surface area (Å²) in [5.74, 6) is -0.0867. The van der Waals surface area contributed by atoms with Gasteiger partial charge in [-0.25, -0.2) is 4.98 Å². The van der Waals surface area contributed by atoms with Crippen LogP contribution >= 0.6 is 11.3 Å². The third kappa shape index (κ3) is 4.51. The molecule has 0 bridgehead atoms. The van der Waals surface area contributed by atoms with Crippen LogP contribution in [0.3, 0.4) is 0 Å². The van der Waals surface area contributed by atoms with Gasteiger partial charge in [0.15, 0.2) is 10.8 Å². The number of rotatable bonds is 8. The molecule has 1 aromatic carbocycles. The summed E-state index contributed by atoms with van der Waals surface area (Å²) in [6.07, 6.45) is 0. The fraction of sp³-hybridized carbons (Fsp3) is 0.500. The van der Waals surface area contributed by atoms with E-state index in [0.29, 0.717) is 12.2 Å². The van der Waals surface area contributed by atoms with Crippen molar-refractivity contribution >= 4 is 32.6 Å². The van der Waals surface area contributed by atoms with E-state index < -0.39 is 0 Å². The van der Waals surface area contributed by atoms with Crippen LogP contribution in [0, 0.1) is 13.8 Å². The van der Waals surface area contributed by atoms with E-state index in [4.69, 9.17) is 4.98 Å². The number of carbonyl (C=O) groups is 1.